The number of carbonyl (C=O) groups excluding carboxylic acids is 2. The van der Waals surface area contributed by atoms with Gasteiger partial charge in [0.25, 0.3) is 11.8 Å². The molecule has 1 fully saturated rings. The number of carbonyl (C=O) groups is 2. The third-order valence-electron chi connectivity index (χ3n) is 5.30. The fourth-order valence-electron chi connectivity index (χ4n) is 3.59. The zero-order valence-electron chi connectivity index (χ0n) is 18.2. The number of nitrogens with zero attached hydrogens (tertiary/aromatic N) is 2. The average molecular weight is 462 g/mol. The summed E-state index contributed by atoms with van der Waals surface area (Å²) in [5, 5.41) is 12.3. The number of benzene rings is 2. The molecule has 0 atom stereocenters. The maximum absolute atomic E-state index is 13.4. The van der Waals surface area contributed by atoms with Crippen LogP contribution in [0.4, 0.5) is 5.00 Å². The van der Waals surface area contributed by atoms with Crippen LogP contribution in [0, 0.1) is 18.3 Å². The van der Waals surface area contributed by atoms with E-state index in [2.05, 4.69) is 5.32 Å². The van der Waals surface area contributed by atoms with Crippen LogP contribution in [0.5, 0.6) is 5.75 Å². The van der Waals surface area contributed by atoms with Gasteiger partial charge in [-0.1, -0.05) is 30.3 Å². The number of hydrogen-bond donors (Lipinski definition) is 1. The Morgan fingerprint density at radius 3 is 2.48 bits per heavy atom. The topological polar surface area (TPSA) is 91.7 Å². The van der Waals surface area contributed by atoms with E-state index in [1.165, 1.54) is 11.3 Å². The molecule has 0 bridgehead atoms. The molecular weight excluding hydrogens is 438 g/mol. The van der Waals surface area contributed by atoms with Gasteiger partial charge in [-0.05, 0) is 42.3 Å². The summed E-state index contributed by atoms with van der Waals surface area (Å²) in [6.45, 7) is 3.74. The largest absolute Gasteiger partial charge is 0.484 e. The number of amides is 2. The van der Waals surface area contributed by atoms with E-state index in [1.807, 2.05) is 43.3 Å². The molecule has 2 amide bonds. The van der Waals surface area contributed by atoms with E-state index in [0.29, 0.717) is 48.2 Å². The third-order valence-corrected chi connectivity index (χ3v) is 6.56. The molecule has 2 heterocycles. The van der Waals surface area contributed by atoms with Crippen LogP contribution < -0.4 is 10.1 Å². The zero-order chi connectivity index (χ0) is 23.2. The molecule has 7 nitrogen and oxygen atoms in total. The number of morpholine rings is 1. The van der Waals surface area contributed by atoms with E-state index in [0.717, 1.165) is 16.0 Å². The van der Waals surface area contributed by atoms with Crippen LogP contribution in [-0.4, -0.2) is 49.6 Å². The molecule has 168 valence electrons. The van der Waals surface area contributed by atoms with Crippen molar-refractivity contribution in [1.29, 1.82) is 5.26 Å². The van der Waals surface area contributed by atoms with Gasteiger partial charge >= 0.3 is 0 Å². The second-order valence-corrected chi connectivity index (χ2v) is 8.52. The number of thiophene rings is 1. The maximum atomic E-state index is 13.4. The Balaban J connectivity index is 1.56. The predicted octanol–water partition coefficient (Wildman–Crippen LogP) is 4.09. The lowest BCUT2D eigenvalue weighted by molar-refractivity contribution is -0.118. The van der Waals surface area contributed by atoms with Crippen LogP contribution in [0.3, 0.4) is 0 Å². The summed E-state index contributed by atoms with van der Waals surface area (Å²) in [5.41, 5.74) is 2.85. The van der Waals surface area contributed by atoms with Crippen LogP contribution in [0.25, 0.3) is 10.4 Å². The number of nitriles is 1. The Bertz CT molecular complexity index is 1180. The predicted molar refractivity (Wildman–Crippen MR) is 126 cm³/mol. The van der Waals surface area contributed by atoms with Crippen LogP contribution in [0.15, 0.2) is 54.6 Å². The molecule has 0 radical (unpaired) electrons. The van der Waals surface area contributed by atoms with Crippen molar-refractivity contribution in [3.63, 3.8) is 0 Å². The number of nitrogens with one attached hydrogen (secondary N) is 1. The number of anilines is 1. The second-order valence-electron chi connectivity index (χ2n) is 7.50. The van der Waals surface area contributed by atoms with Gasteiger partial charge < -0.3 is 19.7 Å². The van der Waals surface area contributed by atoms with Crippen molar-refractivity contribution in [2.45, 2.75) is 6.92 Å². The highest BCUT2D eigenvalue weighted by molar-refractivity contribution is 7.20. The van der Waals surface area contributed by atoms with Crippen LogP contribution in [0.1, 0.15) is 21.5 Å². The van der Waals surface area contributed by atoms with Crippen molar-refractivity contribution >= 4 is 28.2 Å². The van der Waals surface area contributed by atoms with Crippen molar-refractivity contribution in [1.82, 2.24) is 4.90 Å². The van der Waals surface area contributed by atoms with Gasteiger partial charge in [0.15, 0.2) is 6.61 Å². The molecule has 2 aromatic carbocycles. The van der Waals surface area contributed by atoms with Gasteiger partial charge in [-0.15, -0.1) is 11.3 Å². The maximum Gasteiger partial charge on any atom is 0.262 e. The zero-order valence-corrected chi connectivity index (χ0v) is 19.0. The molecule has 0 spiro atoms. The molecule has 1 aromatic heterocycles. The van der Waals surface area contributed by atoms with Crippen LogP contribution in [-0.2, 0) is 9.53 Å². The normalized spacial score (nSPS) is 13.3. The van der Waals surface area contributed by atoms with E-state index in [-0.39, 0.29) is 18.4 Å². The Hall–Kier alpha value is -3.67. The van der Waals surface area contributed by atoms with Gasteiger partial charge in [0.1, 0.15) is 10.8 Å². The molecule has 1 aliphatic heterocycles. The third kappa shape index (κ3) is 5.22. The van der Waals surface area contributed by atoms with Gasteiger partial charge in [0.2, 0.25) is 0 Å². The molecule has 1 saturated heterocycles. The summed E-state index contributed by atoms with van der Waals surface area (Å²) < 4.78 is 10.9. The molecule has 0 unspecified atom stereocenters. The Morgan fingerprint density at radius 1 is 1.12 bits per heavy atom. The molecule has 0 saturated carbocycles. The summed E-state index contributed by atoms with van der Waals surface area (Å²) in [6, 6.07) is 18.4. The number of ether oxygens (including phenoxy) is 2. The van der Waals surface area contributed by atoms with Gasteiger partial charge in [0.05, 0.1) is 30.4 Å². The minimum atomic E-state index is -0.365. The first-order valence-corrected chi connectivity index (χ1v) is 11.4. The van der Waals surface area contributed by atoms with Crippen molar-refractivity contribution in [3.8, 4) is 22.3 Å². The van der Waals surface area contributed by atoms with Crippen molar-refractivity contribution in [3.05, 3.63) is 71.3 Å². The summed E-state index contributed by atoms with van der Waals surface area (Å²) in [7, 11) is 0. The first-order chi connectivity index (χ1) is 16.1. The van der Waals surface area contributed by atoms with E-state index >= 15 is 0 Å². The smallest absolute Gasteiger partial charge is 0.262 e. The SMILES string of the molecule is Cc1c(-c2ccccc2)sc(NC(=O)COc2ccc(C#N)cc2)c1C(=O)N1CCOCC1. The first-order valence-electron chi connectivity index (χ1n) is 10.6. The molecule has 0 aliphatic carbocycles. The van der Waals surface area contributed by atoms with E-state index in [1.54, 1.807) is 29.2 Å². The Kier molecular flexibility index (Phi) is 7.03. The number of hydrogen-bond acceptors (Lipinski definition) is 6. The monoisotopic (exact) mass is 461 g/mol. The molecule has 4 rings (SSSR count). The summed E-state index contributed by atoms with van der Waals surface area (Å²) in [5.74, 6) is 0.00916. The highest BCUT2D eigenvalue weighted by atomic mass is 32.1. The van der Waals surface area contributed by atoms with Gasteiger partial charge in [0, 0.05) is 18.0 Å². The average Bonchev–Trinajstić information content (AvgIpc) is 3.19. The minimum absolute atomic E-state index is 0.113. The number of rotatable bonds is 6. The second kappa shape index (κ2) is 10.3. The lowest BCUT2D eigenvalue weighted by Crippen LogP contribution is -2.41. The summed E-state index contributed by atoms with van der Waals surface area (Å²) in [4.78, 5) is 28.8. The fourth-order valence-corrected chi connectivity index (χ4v) is 4.81. The lowest BCUT2D eigenvalue weighted by Gasteiger charge is -2.27. The molecule has 3 aromatic rings. The Morgan fingerprint density at radius 2 is 1.82 bits per heavy atom. The van der Waals surface area contributed by atoms with Gasteiger partial charge in [-0.25, -0.2) is 0 Å². The van der Waals surface area contributed by atoms with E-state index in [9.17, 15) is 9.59 Å². The molecular formula is C25H23N3O4S. The van der Waals surface area contributed by atoms with Gasteiger partial charge in [-0.3, -0.25) is 9.59 Å². The lowest BCUT2D eigenvalue weighted by atomic mass is 10.1. The Labute approximate surface area is 196 Å². The first kappa shape index (κ1) is 22.5. The minimum Gasteiger partial charge on any atom is -0.484 e. The molecule has 33 heavy (non-hydrogen) atoms. The summed E-state index contributed by atoms with van der Waals surface area (Å²) >= 11 is 1.38. The van der Waals surface area contributed by atoms with Crippen LogP contribution >= 0.6 is 11.3 Å². The van der Waals surface area contributed by atoms with E-state index in [4.69, 9.17) is 14.7 Å². The van der Waals surface area contributed by atoms with Crippen molar-refractivity contribution in [2.75, 3.05) is 38.2 Å². The fraction of sp³-hybridized carbons (Fsp3) is 0.240. The molecule has 1 N–H and O–H groups in total. The van der Waals surface area contributed by atoms with Gasteiger partial charge in [-0.2, -0.15) is 5.26 Å². The van der Waals surface area contributed by atoms with E-state index < -0.39 is 0 Å². The van der Waals surface area contributed by atoms with Crippen molar-refractivity contribution in [2.24, 2.45) is 0 Å². The quantitative estimate of drug-likeness (QED) is 0.597. The standard InChI is InChI=1S/C25H23N3O4S/c1-17-22(25(30)28-11-13-31-14-12-28)24(33-23(17)19-5-3-2-4-6-19)27-21(29)16-32-20-9-7-18(15-26)8-10-20/h2-10H,11-14,16H2,1H3,(H,27,29). The highest BCUT2D eigenvalue weighted by Crippen LogP contribution is 2.40. The summed E-state index contributed by atoms with van der Waals surface area (Å²) in [6.07, 6.45) is 0. The van der Waals surface area contributed by atoms with Crippen molar-refractivity contribution < 1.29 is 19.1 Å². The van der Waals surface area contributed by atoms with Crippen LogP contribution in [0.2, 0.25) is 0 Å². The highest BCUT2D eigenvalue weighted by Gasteiger charge is 2.28. The molecule has 1 aliphatic rings. The molecule has 8 heteroatoms.